The number of carbonyl (C=O) groups is 2. The molecule has 23 heavy (non-hydrogen) atoms. The fraction of sp³-hybridized carbons (Fsp3) is 0.556. The van der Waals surface area contributed by atoms with Gasteiger partial charge < -0.3 is 15.3 Å². The number of aliphatic carboxylic acids is 1. The van der Waals surface area contributed by atoms with E-state index in [0.717, 1.165) is 18.7 Å². The molecule has 2 rings (SSSR count). The molecule has 1 aromatic rings. The zero-order valence-corrected chi connectivity index (χ0v) is 14.1. The molecule has 5 heteroatoms. The molecule has 1 aliphatic rings. The van der Waals surface area contributed by atoms with Gasteiger partial charge >= 0.3 is 5.97 Å². The van der Waals surface area contributed by atoms with Crippen molar-refractivity contribution in [3.05, 3.63) is 30.3 Å². The molecule has 1 fully saturated rings. The zero-order chi connectivity index (χ0) is 17.0. The van der Waals surface area contributed by atoms with Crippen LogP contribution >= 0.6 is 0 Å². The van der Waals surface area contributed by atoms with Crippen molar-refractivity contribution in [1.82, 2.24) is 5.32 Å². The lowest BCUT2D eigenvalue weighted by atomic mass is 9.68. The molecule has 0 radical (unpaired) electrons. The minimum Gasteiger partial charge on any atom is -0.481 e. The Morgan fingerprint density at radius 2 is 2.04 bits per heavy atom. The van der Waals surface area contributed by atoms with E-state index in [2.05, 4.69) is 5.32 Å². The normalized spacial score (nSPS) is 25.6. The molecule has 1 amide bonds. The zero-order valence-electron chi connectivity index (χ0n) is 14.1. The molecule has 3 atom stereocenters. The molecule has 1 saturated heterocycles. The van der Waals surface area contributed by atoms with Crippen molar-refractivity contribution in [3.8, 4) is 0 Å². The molecule has 5 nitrogen and oxygen atoms in total. The molecule has 0 bridgehead atoms. The Kier molecular flexibility index (Phi) is 5.42. The van der Waals surface area contributed by atoms with Gasteiger partial charge in [-0.25, -0.2) is 0 Å². The Labute approximate surface area is 137 Å². The first kappa shape index (κ1) is 17.5. The molecular weight excluding hydrogens is 292 g/mol. The predicted molar refractivity (Wildman–Crippen MR) is 90.4 cm³/mol. The van der Waals surface area contributed by atoms with E-state index < -0.39 is 17.3 Å². The van der Waals surface area contributed by atoms with Crippen LogP contribution in [-0.4, -0.2) is 36.1 Å². The molecule has 1 aliphatic heterocycles. The summed E-state index contributed by atoms with van der Waals surface area (Å²) in [6.07, 6.45) is 1.14. The number of nitrogens with zero attached hydrogens (tertiary/aromatic N) is 1. The van der Waals surface area contributed by atoms with Gasteiger partial charge in [0.2, 0.25) is 5.91 Å². The summed E-state index contributed by atoms with van der Waals surface area (Å²) in [4.78, 5) is 26.1. The highest BCUT2D eigenvalue weighted by Crippen LogP contribution is 2.39. The van der Waals surface area contributed by atoms with Gasteiger partial charge in [0.15, 0.2) is 0 Å². The van der Waals surface area contributed by atoms with Crippen LogP contribution in [0.2, 0.25) is 0 Å². The first-order chi connectivity index (χ1) is 10.9. The van der Waals surface area contributed by atoms with Crippen LogP contribution in [0.1, 0.15) is 33.6 Å². The fourth-order valence-electron chi connectivity index (χ4n) is 3.45. The highest BCUT2D eigenvalue weighted by atomic mass is 16.4. The van der Waals surface area contributed by atoms with Gasteiger partial charge in [0, 0.05) is 30.1 Å². The summed E-state index contributed by atoms with van der Waals surface area (Å²) in [7, 11) is 0. The number of rotatable bonds is 5. The standard InChI is InChI=1S/C18H26N2O3/c1-4-16(21)20(14-8-6-5-7-9-14)15-10-11-19-12-18(15,3)13(2)17(22)23/h5-9,13,15,19H,4,10-12H2,1-3H3,(H,22,23)/t13?,15-,18-/m0/s1. The predicted octanol–water partition coefficient (Wildman–Crippen LogP) is 2.52. The first-order valence-electron chi connectivity index (χ1n) is 8.22. The number of carbonyl (C=O) groups excluding carboxylic acids is 1. The van der Waals surface area contributed by atoms with E-state index in [0.29, 0.717) is 13.0 Å². The van der Waals surface area contributed by atoms with E-state index in [1.807, 2.05) is 49.1 Å². The van der Waals surface area contributed by atoms with Crippen LogP contribution in [0.25, 0.3) is 0 Å². The molecular formula is C18H26N2O3. The number of amides is 1. The summed E-state index contributed by atoms with van der Waals surface area (Å²) in [5.74, 6) is -1.33. The van der Waals surface area contributed by atoms with E-state index in [4.69, 9.17) is 0 Å². The van der Waals surface area contributed by atoms with Crippen molar-refractivity contribution in [2.45, 2.75) is 39.7 Å². The Bertz CT molecular complexity index is 561. The van der Waals surface area contributed by atoms with Crippen LogP contribution < -0.4 is 10.2 Å². The SMILES string of the molecule is CCC(=O)N(c1ccccc1)[C@H]1CCNC[C@@]1(C)C(C)C(=O)O. The van der Waals surface area contributed by atoms with Gasteiger partial charge in [-0.1, -0.05) is 39.0 Å². The van der Waals surface area contributed by atoms with E-state index in [9.17, 15) is 14.7 Å². The van der Waals surface area contributed by atoms with E-state index in [1.54, 1.807) is 6.92 Å². The van der Waals surface area contributed by atoms with Gasteiger partial charge in [0.05, 0.1) is 5.92 Å². The average Bonchev–Trinajstić information content (AvgIpc) is 2.56. The molecule has 1 aromatic carbocycles. The highest BCUT2D eigenvalue weighted by molar-refractivity contribution is 5.94. The quantitative estimate of drug-likeness (QED) is 0.875. The lowest BCUT2D eigenvalue weighted by Gasteiger charge is -2.49. The largest absolute Gasteiger partial charge is 0.481 e. The summed E-state index contributed by atoms with van der Waals surface area (Å²) in [5.41, 5.74) is 0.320. The summed E-state index contributed by atoms with van der Waals surface area (Å²) in [5, 5.41) is 12.8. The van der Waals surface area contributed by atoms with Crippen LogP contribution in [0.3, 0.4) is 0 Å². The van der Waals surface area contributed by atoms with Gasteiger partial charge in [-0.2, -0.15) is 0 Å². The number of para-hydroxylation sites is 1. The molecule has 2 N–H and O–H groups in total. The second kappa shape index (κ2) is 7.13. The second-order valence-electron chi connectivity index (χ2n) is 6.50. The van der Waals surface area contributed by atoms with Crippen LogP contribution in [-0.2, 0) is 9.59 Å². The van der Waals surface area contributed by atoms with Crippen molar-refractivity contribution >= 4 is 17.6 Å². The number of carboxylic acids is 1. The third-order valence-corrected chi connectivity index (χ3v) is 5.14. The molecule has 1 heterocycles. The monoisotopic (exact) mass is 318 g/mol. The number of benzene rings is 1. The molecule has 0 saturated carbocycles. The van der Waals surface area contributed by atoms with Gasteiger partial charge in [-0.3, -0.25) is 9.59 Å². The number of piperidine rings is 1. The topological polar surface area (TPSA) is 69.6 Å². The Hall–Kier alpha value is -1.88. The molecule has 0 aromatic heterocycles. The molecule has 0 spiro atoms. The van der Waals surface area contributed by atoms with Gasteiger partial charge in [-0.05, 0) is 25.1 Å². The van der Waals surface area contributed by atoms with Crippen molar-refractivity contribution in [3.63, 3.8) is 0 Å². The fourth-order valence-corrected chi connectivity index (χ4v) is 3.45. The Morgan fingerprint density at radius 1 is 1.39 bits per heavy atom. The van der Waals surface area contributed by atoms with Gasteiger partial charge in [0.25, 0.3) is 0 Å². The average molecular weight is 318 g/mol. The summed E-state index contributed by atoms with van der Waals surface area (Å²) < 4.78 is 0. The number of nitrogens with one attached hydrogen (secondary N) is 1. The van der Waals surface area contributed by atoms with Crippen molar-refractivity contribution in [2.24, 2.45) is 11.3 Å². The smallest absolute Gasteiger partial charge is 0.306 e. The highest BCUT2D eigenvalue weighted by Gasteiger charge is 2.48. The minimum atomic E-state index is -0.821. The van der Waals surface area contributed by atoms with Crippen molar-refractivity contribution in [1.29, 1.82) is 0 Å². The van der Waals surface area contributed by atoms with Crippen LogP contribution in [0.5, 0.6) is 0 Å². The second-order valence-corrected chi connectivity index (χ2v) is 6.50. The first-order valence-corrected chi connectivity index (χ1v) is 8.22. The summed E-state index contributed by atoms with van der Waals surface area (Å²) >= 11 is 0. The Morgan fingerprint density at radius 3 is 2.61 bits per heavy atom. The van der Waals surface area contributed by atoms with Crippen LogP contribution in [0, 0.1) is 11.3 Å². The molecule has 1 unspecified atom stereocenters. The van der Waals surface area contributed by atoms with Crippen molar-refractivity contribution in [2.75, 3.05) is 18.0 Å². The third kappa shape index (κ3) is 3.39. The molecule has 0 aliphatic carbocycles. The van der Waals surface area contributed by atoms with E-state index >= 15 is 0 Å². The maximum absolute atomic E-state index is 12.7. The maximum Gasteiger partial charge on any atom is 0.306 e. The van der Waals surface area contributed by atoms with Crippen molar-refractivity contribution < 1.29 is 14.7 Å². The lowest BCUT2D eigenvalue weighted by Crippen LogP contribution is -2.61. The summed E-state index contributed by atoms with van der Waals surface area (Å²) in [6, 6.07) is 9.43. The number of carboxylic acid groups (broad SMARTS) is 1. The van der Waals surface area contributed by atoms with Gasteiger partial charge in [-0.15, -0.1) is 0 Å². The third-order valence-electron chi connectivity index (χ3n) is 5.14. The number of hydrogen-bond acceptors (Lipinski definition) is 3. The molecule has 126 valence electrons. The Balaban J connectivity index is 2.46. The van der Waals surface area contributed by atoms with Crippen LogP contribution in [0.4, 0.5) is 5.69 Å². The van der Waals surface area contributed by atoms with E-state index in [-0.39, 0.29) is 11.9 Å². The minimum absolute atomic E-state index is 0.0342. The lowest BCUT2D eigenvalue weighted by molar-refractivity contribution is -0.147. The van der Waals surface area contributed by atoms with Gasteiger partial charge in [0.1, 0.15) is 0 Å². The van der Waals surface area contributed by atoms with E-state index in [1.165, 1.54) is 0 Å². The summed E-state index contributed by atoms with van der Waals surface area (Å²) in [6.45, 7) is 6.93. The van der Waals surface area contributed by atoms with Crippen LogP contribution in [0.15, 0.2) is 30.3 Å². The number of hydrogen-bond donors (Lipinski definition) is 2. The maximum atomic E-state index is 12.7. The number of anilines is 1.